The monoisotopic (exact) mass is 339 g/mol. The Morgan fingerprint density at radius 2 is 1.82 bits per heavy atom. The summed E-state index contributed by atoms with van der Waals surface area (Å²) in [6, 6.07) is 7.93. The Balaban J connectivity index is 3.06. The smallest absolute Gasteiger partial charge is 0.0616 e. The number of alkyl halides is 3. The van der Waals surface area contributed by atoms with Crippen LogP contribution in [0.3, 0.4) is 0 Å². The second-order valence-electron chi connectivity index (χ2n) is 2.20. The van der Waals surface area contributed by atoms with Crippen molar-refractivity contribution in [3.8, 4) is 0 Å². The lowest BCUT2D eigenvalue weighted by Crippen LogP contribution is -1.96. The Bertz CT molecular complexity index is 250. The van der Waals surface area contributed by atoms with E-state index in [1.54, 1.807) is 0 Å². The van der Waals surface area contributed by atoms with Gasteiger partial charge in [-0.05, 0) is 18.1 Å². The Morgan fingerprint density at radius 1 is 1.18 bits per heavy atom. The number of halogens is 3. The van der Waals surface area contributed by atoms with Crippen molar-refractivity contribution in [2.24, 2.45) is 0 Å². The van der Waals surface area contributed by atoms with Crippen LogP contribution >= 0.6 is 47.8 Å². The van der Waals surface area contributed by atoms with Gasteiger partial charge >= 0.3 is 0 Å². The summed E-state index contributed by atoms with van der Waals surface area (Å²) in [6.07, 6.45) is 0. The Labute approximate surface area is 91.8 Å². The lowest BCUT2D eigenvalue weighted by molar-refractivity contribution is 1.35. The molecule has 3 heteroatoms. The molecule has 0 aliphatic rings. The molecule has 0 amide bonds. The molecule has 0 aliphatic carbocycles. The van der Waals surface area contributed by atoms with E-state index in [1.165, 1.54) is 0 Å². The summed E-state index contributed by atoms with van der Waals surface area (Å²) in [5.74, 6) is 0. The van der Waals surface area contributed by atoms with Crippen molar-refractivity contribution < 1.29 is 0 Å². The van der Waals surface area contributed by atoms with E-state index in [9.17, 15) is 0 Å². The van der Waals surface area contributed by atoms with Crippen molar-refractivity contribution in [1.82, 2.24) is 0 Å². The molecule has 0 saturated carbocycles. The van der Waals surface area contributed by atoms with Crippen molar-refractivity contribution in [2.75, 3.05) is 0 Å². The van der Waals surface area contributed by atoms with E-state index >= 15 is 0 Å². The van der Waals surface area contributed by atoms with Crippen LogP contribution in [-0.2, 0) is 2.14 Å². The normalized spacial score (nSPS) is 11.6. The quantitative estimate of drug-likeness (QED) is 0.621. The standard InChI is InChI=1S/C8H6Br3/c1-6-3-2-4-7(5-6)8(9,10)11/h2-5H,1H2. The van der Waals surface area contributed by atoms with Gasteiger partial charge in [-0.2, -0.15) is 0 Å². The van der Waals surface area contributed by atoms with Crippen LogP contribution < -0.4 is 0 Å². The predicted molar refractivity (Wildman–Crippen MR) is 59.4 cm³/mol. The maximum Gasteiger partial charge on any atom is 0.159 e. The van der Waals surface area contributed by atoms with Gasteiger partial charge in [0.05, 0.1) is 0 Å². The van der Waals surface area contributed by atoms with E-state index in [-0.39, 0.29) is 2.14 Å². The number of rotatable bonds is 0. The summed E-state index contributed by atoms with van der Waals surface area (Å²) in [4.78, 5) is 0. The molecule has 0 saturated heterocycles. The zero-order valence-corrected chi connectivity index (χ0v) is 10.4. The third-order valence-corrected chi connectivity index (χ3v) is 2.63. The van der Waals surface area contributed by atoms with Gasteiger partial charge in [0.15, 0.2) is 2.14 Å². The lowest BCUT2D eigenvalue weighted by Gasteiger charge is -2.12. The van der Waals surface area contributed by atoms with Crippen molar-refractivity contribution in [3.63, 3.8) is 0 Å². The van der Waals surface area contributed by atoms with E-state index in [4.69, 9.17) is 0 Å². The van der Waals surface area contributed by atoms with Crippen LogP contribution in [0.25, 0.3) is 0 Å². The molecule has 0 nitrogen and oxygen atoms in total. The van der Waals surface area contributed by atoms with E-state index in [1.807, 2.05) is 24.3 Å². The van der Waals surface area contributed by atoms with Crippen molar-refractivity contribution in [1.29, 1.82) is 0 Å². The molecular formula is C8H6Br3. The summed E-state index contributed by atoms with van der Waals surface area (Å²) < 4.78 is -0.319. The predicted octanol–water partition coefficient (Wildman–Crippen LogP) is 4.16. The van der Waals surface area contributed by atoms with Crippen LogP contribution in [0.15, 0.2) is 24.3 Å². The second kappa shape index (κ2) is 3.58. The molecule has 0 aromatic heterocycles. The molecule has 0 heterocycles. The molecule has 1 rings (SSSR count). The van der Waals surface area contributed by atoms with Crippen LogP contribution in [0, 0.1) is 6.92 Å². The van der Waals surface area contributed by atoms with Crippen LogP contribution in [0.4, 0.5) is 0 Å². The number of hydrogen-bond acceptors (Lipinski definition) is 0. The van der Waals surface area contributed by atoms with Gasteiger partial charge in [-0.25, -0.2) is 0 Å². The van der Waals surface area contributed by atoms with Crippen LogP contribution in [-0.4, -0.2) is 0 Å². The first-order chi connectivity index (χ1) is 5.00. The number of hydrogen-bond donors (Lipinski definition) is 0. The summed E-state index contributed by atoms with van der Waals surface area (Å²) in [5.41, 5.74) is 2.11. The van der Waals surface area contributed by atoms with E-state index in [0.29, 0.717) is 0 Å². The van der Waals surface area contributed by atoms with E-state index in [0.717, 1.165) is 11.1 Å². The van der Waals surface area contributed by atoms with Gasteiger partial charge in [-0.3, -0.25) is 0 Å². The summed E-state index contributed by atoms with van der Waals surface area (Å²) >= 11 is 10.3. The molecule has 0 spiro atoms. The highest BCUT2D eigenvalue weighted by Crippen LogP contribution is 2.44. The minimum absolute atomic E-state index is 0.319. The molecular weight excluding hydrogens is 336 g/mol. The van der Waals surface area contributed by atoms with Gasteiger partial charge in [0, 0.05) is 0 Å². The minimum Gasteiger partial charge on any atom is -0.0616 e. The Kier molecular flexibility index (Phi) is 3.18. The fourth-order valence-corrected chi connectivity index (χ4v) is 1.49. The Morgan fingerprint density at radius 3 is 2.18 bits per heavy atom. The van der Waals surface area contributed by atoms with E-state index < -0.39 is 0 Å². The highest BCUT2D eigenvalue weighted by molar-refractivity contribution is 9.38. The maximum absolute atomic E-state index is 3.83. The molecule has 0 atom stereocenters. The van der Waals surface area contributed by atoms with Gasteiger partial charge < -0.3 is 0 Å². The first kappa shape index (κ1) is 9.75. The molecule has 0 fully saturated rings. The van der Waals surface area contributed by atoms with Crippen molar-refractivity contribution >= 4 is 47.8 Å². The van der Waals surface area contributed by atoms with Crippen LogP contribution in [0.5, 0.6) is 0 Å². The van der Waals surface area contributed by atoms with Gasteiger partial charge in [0.25, 0.3) is 0 Å². The van der Waals surface area contributed by atoms with Gasteiger partial charge in [-0.1, -0.05) is 72.1 Å². The highest BCUT2D eigenvalue weighted by Gasteiger charge is 2.19. The second-order valence-corrected chi connectivity index (χ2v) is 8.96. The van der Waals surface area contributed by atoms with Crippen molar-refractivity contribution in [2.45, 2.75) is 2.14 Å². The minimum atomic E-state index is -0.319. The van der Waals surface area contributed by atoms with E-state index in [2.05, 4.69) is 54.7 Å². The summed E-state index contributed by atoms with van der Waals surface area (Å²) in [7, 11) is 0. The molecule has 1 aromatic rings. The fourth-order valence-electron chi connectivity index (χ4n) is 0.748. The zero-order valence-electron chi connectivity index (χ0n) is 5.65. The Hall–Kier alpha value is 0.660. The summed E-state index contributed by atoms with van der Waals surface area (Å²) in [5, 5.41) is 0. The fraction of sp³-hybridized carbons (Fsp3) is 0.125. The SMILES string of the molecule is [CH2]c1cccc(C(Br)(Br)Br)c1. The molecule has 11 heavy (non-hydrogen) atoms. The molecule has 0 N–H and O–H groups in total. The largest absolute Gasteiger partial charge is 0.159 e. The third-order valence-electron chi connectivity index (χ3n) is 1.25. The highest BCUT2D eigenvalue weighted by atomic mass is 80.0. The molecule has 59 valence electrons. The molecule has 0 bridgehead atoms. The summed E-state index contributed by atoms with van der Waals surface area (Å²) in [6.45, 7) is 3.83. The third kappa shape index (κ3) is 2.88. The number of benzene rings is 1. The van der Waals surface area contributed by atoms with Crippen LogP contribution in [0.2, 0.25) is 0 Å². The van der Waals surface area contributed by atoms with Crippen molar-refractivity contribution in [3.05, 3.63) is 42.3 Å². The first-order valence-electron chi connectivity index (χ1n) is 2.99. The first-order valence-corrected chi connectivity index (χ1v) is 5.37. The topological polar surface area (TPSA) is 0 Å². The zero-order chi connectivity index (χ0) is 8.48. The molecule has 1 aromatic carbocycles. The molecule has 0 unspecified atom stereocenters. The van der Waals surface area contributed by atoms with Gasteiger partial charge in [0.2, 0.25) is 0 Å². The van der Waals surface area contributed by atoms with Gasteiger partial charge in [-0.15, -0.1) is 0 Å². The van der Waals surface area contributed by atoms with Gasteiger partial charge in [0.1, 0.15) is 0 Å². The lowest BCUT2D eigenvalue weighted by atomic mass is 10.2. The average molecular weight is 342 g/mol. The molecule has 0 aliphatic heterocycles. The van der Waals surface area contributed by atoms with Crippen LogP contribution in [0.1, 0.15) is 11.1 Å². The maximum atomic E-state index is 3.83. The average Bonchev–Trinajstić information content (AvgIpc) is 1.86. The molecule has 1 radical (unpaired) electrons.